The summed E-state index contributed by atoms with van der Waals surface area (Å²) >= 11 is 7.10. The molecule has 1 aromatic carbocycles. The van der Waals surface area contributed by atoms with Gasteiger partial charge in [-0.25, -0.2) is 4.98 Å². The Labute approximate surface area is 166 Å². The van der Waals surface area contributed by atoms with Crippen LogP contribution in [0.2, 0.25) is 0 Å². The molecular formula is C18H14Br2N5O+. The summed E-state index contributed by atoms with van der Waals surface area (Å²) in [4.78, 5) is 4.74. The summed E-state index contributed by atoms with van der Waals surface area (Å²) < 4.78 is 4.58. The van der Waals surface area contributed by atoms with Gasteiger partial charge in [-0.1, -0.05) is 34.1 Å². The third-order valence-electron chi connectivity index (χ3n) is 3.90. The fourth-order valence-electron chi connectivity index (χ4n) is 2.68. The van der Waals surface area contributed by atoms with Gasteiger partial charge in [0.15, 0.2) is 5.65 Å². The number of rotatable bonds is 4. The van der Waals surface area contributed by atoms with Crippen LogP contribution in [-0.4, -0.2) is 19.8 Å². The number of nitrogens with one attached hydrogen (secondary N) is 1. The van der Waals surface area contributed by atoms with E-state index in [2.05, 4.69) is 42.3 Å². The van der Waals surface area contributed by atoms with Gasteiger partial charge in [0.25, 0.3) is 0 Å². The van der Waals surface area contributed by atoms with E-state index in [1.54, 1.807) is 29.2 Å². The zero-order chi connectivity index (χ0) is 18.1. The van der Waals surface area contributed by atoms with Crippen molar-refractivity contribution in [3.63, 3.8) is 0 Å². The van der Waals surface area contributed by atoms with Crippen LogP contribution in [-0.2, 0) is 6.54 Å². The molecule has 0 amide bonds. The van der Waals surface area contributed by atoms with Crippen molar-refractivity contribution >= 4 is 43.3 Å². The summed E-state index contributed by atoms with van der Waals surface area (Å²) in [7, 11) is 0. The molecular weight excluding hydrogens is 462 g/mol. The molecule has 0 fully saturated rings. The molecule has 6 nitrogen and oxygen atoms in total. The highest BCUT2D eigenvalue weighted by Crippen LogP contribution is 2.30. The quantitative estimate of drug-likeness (QED) is 0.345. The van der Waals surface area contributed by atoms with Gasteiger partial charge in [0.05, 0.1) is 16.4 Å². The molecule has 0 unspecified atom stereocenters. The van der Waals surface area contributed by atoms with E-state index in [0.717, 1.165) is 42.0 Å². The second-order valence-electron chi connectivity index (χ2n) is 5.68. The molecule has 0 atom stereocenters. The summed E-state index contributed by atoms with van der Waals surface area (Å²) in [5.41, 5.74) is 3.50. The van der Waals surface area contributed by atoms with Gasteiger partial charge in [-0.05, 0) is 28.1 Å². The molecule has 3 heterocycles. The minimum absolute atomic E-state index is 0.535. The van der Waals surface area contributed by atoms with Gasteiger partial charge in [-0.3, -0.25) is 5.21 Å². The molecule has 130 valence electrons. The third kappa shape index (κ3) is 3.30. The highest BCUT2D eigenvalue weighted by Gasteiger charge is 2.13. The van der Waals surface area contributed by atoms with E-state index < -0.39 is 0 Å². The van der Waals surface area contributed by atoms with Gasteiger partial charge < -0.3 is 5.32 Å². The lowest BCUT2D eigenvalue weighted by Gasteiger charge is -2.11. The van der Waals surface area contributed by atoms with Crippen molar-refractivity contribution in [3.8, 4) is 11.3 Å². The topological polar surface area (TPSA) is 66.3 Å². The summed E-state index contributed by atoms with van der Waals surface area (Å²) in [6.07, 6.45) is 4.95. The second-order valence-corrected chi connectivity index (χ2v) is 7.39. The molecule has 0 saturated carbocycles. The third-order valence-corrected chi connectivity index (χ3v) is 5.15. The monoisotopic (exact) mass is 474 g/mol. The number of benzene rings is 1. The van der Waals surface area contributed by atoms with Gasteiger partial charge in [0, 0.05) is 39.0 Å². The van der Waals surface area contributed by atoms with Gasteiger partial charge in [-0.2, -0.15) is 9.61 Å². The first-order valence-electron chi connectivity index (χ1n) is 7.84. The van der Waals surface area contributed by atoms with E-state index >= 15 is 0 Å². The molecule has 3 aromatic heterocycles. The molecule has 0 radical (unpaired) electrons. The van der Waals surface area contributed by atoms with Crippen LogP contribution in [0.3, 0.4) is 0 Å². The first-order chi connectivity index (χ1) is 12.6. The van der Waals surface area contributed by atoms with Crippen molar-refractivity contribution in [2.75, 3.05) is 5.32 Å². The van der Waals surface area contributed by atoms with E-state index in [1.807, 2.05) is 36.4 Å². The number of fused-ring (bicyclic) bond motifs is 1. The van der Waals surface area contributed by atoms with Crippen molar-refractivity contribution in [1.82, 2.24) is 14.6 Å². The maximum atomic E-state index is 9.56. The van der Waals surface area contributed by atoms with Gasteiger partial charge in [0.1, 0.15) is 5.82 Å². The van der Waals surface area contributed by atoms with E-state index in [4.69, 9.17) is 4.98 Å². The van der Waals surface area contributed by atoms with Gasteiger partial charge >= 0.3 is 0 Å². The smallest absolute Gasteiger partial charge is 0.227 e. The first-order valence-corrected chi connectivity index (χ1v) is 9.43. The number of hydrogen-bond donors (Lipinski definition) is 2. The van der Waals surface area contributed by atoms with E-state index in [1.165, 1.54) is 0 Å². The van der Waals surface area contributed by atoms with Gasteiger partial charge in [-0.15, -0.1) is 0 Å². The molecule has 8 heteroatoms. The highest BCUT2D eigenvalue weighted by molar-refractivity contribution is 9.11. The normalized spacial score (nSPS) is 11.0. The minimum Gasteiger partial charge on any atom is -0.366 e. The lowest BCUT2D eigenvalue weighted by Crippen LogP contribution is -2.29. The molecule has 0 aliphatic rings. The molecule has 2 N–H and O–H groups in total. The van der Waals surface area contributed by atoms with Crippen molar-refractivity contribution in [2.24, 2.45) is 0 Å². The largest absolute Gasteiger partial charge is 0.366 e. The predicted octanol–water partition coefficient (Wildman–Crippen LogP) is 4.06. The van der Waals surface area contributed by atoms with E-state index in [-0.39, 0.29) is 0 Å². The number of hydrogen-bond acceptors (Lipinski definition) is 4. The highest BCUT2D eigenvalue weighted by atomic mass is 79.9. The van der Waals surface area contributed by atoms with Crippen LogP contribution < -0.4 is 10.0 Å². The average Bonchev–Trinajstić information content (AvgIpc) is 3.01. The zero-order valence-corrected chi connectivity index (χ0v) is 16.6. The molecule has 0 bridgehead atoms. The Hall–Kier alpha value is -2.45. The molecule has 4 aromatic rings. The van der Waals surface area contributed by atoms with Crippen LogP contribution in [0, 0.1) is 0 Å². The Morgan fingerprint density at radius 2 is 1.96 bits per heavy atom. The Bertz CT molecular complexity index is 1100. The molecule has 0 aliphatic heterocycles. The van der Waals surface area contributed by atoms with Crippen LogP contribution >= 0.6 is 31.9 Å². The van der Waals surface area contributed by atoms with Crippen molar-refractivity contribution < 1.29 is 9.94 Å². The summed E-state index contributed by atoms with van der Waals surface area (Å²) in [6.45, 7) is 0.535. The van der Waals surface area contributed by atoms with Gasteiger partial charge in [0.2, 0.25) is 12.4 Å². The van der Waals surface area contributed by atoms with Crippen LogP contribution in [0.1, 0.15) is 5.56 Å². The fourth-order valence-corrected chi connectivity index (χ4v) is 3.51. The number of halogens is 2. The Morgan fingerprint density at radius 1 is 1.12 bits per heavy atom. The van der Waals surface area contributed by atoms with Crippen molar-refractivity contribution in [3.05, 3.63) is 75.6 Å². The number of pyridine rings is 1. The Kier molecular flexibility index (Phi) is 4.60. The number of nitrogens with zero attached hydrogens (tertiary/aromatic N) is 4. The van der Waals surface area contributed by atoms with Crippen molar-refractivity contribution in [2.45, 2.75) is 6.54 Å². The predicted molar refractivity (Wildman–Crippen MR) is 105 cm³/mol. The lowest BCUT2D eigenvalue weighted by atomic mass is 10.1. The zero-order valence-electron chi connectivity index (χ0n) is 13.5. The first kappa shape index (κ1) is 17.0. The molecule has 0 aliphatic carbocycles. The van der Waals surface area contributed by atoms with E-state index in [9.17, 15) is 5.21 Å². The Morgan fingerprint density at radius 3 is 2.77 bits per heavy atom. The number of anilines is 1. The molecule has 0 spiro atoms. The van der Waals surface area contributed by atoms with Crippen LogP contribution in [0.5, 0.6) is 0 Å². The molecule has 4 rings (SSSR count). The van der Waals surface area contributed by atoms with Crippen molar-refractivity contribution in [1.29, 1.82) is 0 Å². The molecule has 0 saturated heterocycles. The standard InChI is InChI=1S/C18H14Br2N5O/c19-14-6-2-1-5-13(14)16-8-17(25-18(23-16)15(20)10-22-25)21-9-12-4-3-7-24(26)11-12/h1-8,10-11,21,26H,9H2/q+1. The summed E-state index contributed by atoms with van der Waals surface area (Å²) in [6, 6.07) is 13.6. The van der Waals surface area contributed by atoms with Crippen LogP contribution in [0.15, 0.2) is 70.0 Å². The SMILES string of the molecule is O[n+]1cccc(CNc2cc(-c3ccccc3Br)nc3c(Br)cnn23)c1. The second kappa shape index (κ2) is 7.05. The maximum Gasteiger partial charge on any atom is 0.227 e. The van der Waals surface area contributed by atoms with Crippen LogP contribution in [0.25, 0.3) is 16.9 Å². The summed E-state index contributed by atoms with van der Waals surface area (Å²) in [5.74, 6) is 0.805. The molecule has 26 heavy (non-hydrogen) atoms. The lowest BCUT2D eigenvalue weighted by molar-refractivity contribution is -0.905. The van der Waals surface area contributed by atoms with E-state index in [0.29, 0.717) is 6.54 Å². The number of aromatic nitrogens is 4. The fraction of sp³-hybridized carbons (Fsp3) is 0.0556. The Balaban J connectivity index is 1.77. The summed E-state index contributed by atoms with van der Waals surface area (Å²) in [5, 5.41) is 17.3. The van der Waals surface area contributed by atoms with Crippen LogP contribution in [0.4, 0.5) is 5.82 Å². The minimum atomic E-state index is 0.535. The maximum absolute atomic E-state index is 9.56. The average molecular weight is 476 g/mol.